The van der Waals surface area contributed by atoms with Crippen molar-refractivity contribution in [2.24, 2.45) is 4.99 Å². The van der Waals surface area contributed by atoms with Gasteiger partial charge in [-0.2, -0.15) is 13.2 Å². The number of guanidine groups is 1. The van der Waals surface area contributed by atoms with Gasteiger partial charge in [0.15, 0.2) is 5.96 Å². The Morgan fingerprint density at radius 2 is 2.00 bits per heavy atom. The number of nitrogens with one attached hydrogen (secondary N) is 2. The molecule has 0 aromatic heterocycles. The summed E-state index contributed by atoms with van der Waals surface area (Å²) in [5.41, 5.74) is 0. The average Bonchev–Trinajstić information content (AvgIpc) is 2.48. The molecule has 0 saturated heterocycles. The van der Waals surface area contributed by atoms with Crippen LogP contribution in [0.1, 0.15) is 6.92 Å². The summed E-state index contributed by atoms with van der Waals surface area (Å²) >= 11 is 0. The van der Waals surface area contributed by atoms with Gasteiger partial charge in [-0.3, -0.25) is 9.89 Å². The number of hydrogen-bond acceptors (Lipinski definition) is 3. The topological polar surface area (TPSA) is 48.9 Å². The Hall–Kier alpha value is -1.30. The molecule has 5 nitrogen and oxygen atoms in total. The molecular formula is C16H25F4IN4O. The maximum atomic E-state index is 13.1. The lowest BCUT2D eigenvalue weighted by atomic mass is 10.3. The molecule has 1 rings (SSSR count). The molecule has 0 fully saturated rings. The van der Waals surface area contributed by atoms with Gasteiger partial charge in [0.1, 0.15) is 17.7 Å². The molecule has 0 amide bonds. The monoisotopic (exact) mass is 492 g/mol. The largest absolute Gasteiger partial charge is 0.489 e. The smallest absolute Gasteiger partial charge is 0.401 e. The highest BCUT2D eigenvalue weighted by Crippen LogP contribution is 2.15. The number of likely N-dealkylation sites (N-methyl/N-ethyl adjacent to an activating group) is 1. The molecule has 1 atom stereocenters. The van der Waals surface area contributed by atoms with Gasteiger partial charge < -0.3 is 15.4 Å². The Kier molecular flexibility index (Phi) is 11.5. The molecule has 0 saturated carbocycles. The quantitative estimate of drug-likeness (QED) is 0.254. The number of nitrogens with zero attached hydrogens (tertiary/aromatic N) is 2. The predicted molar refractivity (Wildman–Crippen MR) is 105 cm³/mol. The van der Waals surface area contributed by atoms with Crippen molar-refractivity contribution in [2.45, 2.75) is 19.2 Å². The Morgan fingerprint density at radius 1 is 1.31 bits per heavy atom. The molecular weight excluding hydrogens is 467 g/mol. The van der Waals surface area contributed by atoms with E-state index in [4.69, 9.17) is 4.74 Å². The zero-order chi connectivity index (χ0) is 18.9. The van der Waals surface area contributed by atoms with E-state index in [1.54, 1.807) is 19.2 Å². The van der Waals surface area contributed by atoms with Crippen LogP contribution in [-0.4, -0.2) is 63.4 Å². The molecule has 0 aliphatic carbocycles. The summed E-state index contributed by atoms with van der Waals surface area (Å²) in [7, 11) is 2.97. The van der Waals surface area contributed by atoms with Crippen LogP contribution in [0.4, 0.5) is 17.6 Å². The second-order valence-corrected chi connectivity index (χ2v) is 5.62. The van der Waals surface area contributed by atoms with Crippen LogP contribution in [0, 0.1) is 5.82 Å². The van der Waals surface area contributed by atoms with Crippen LogP contribution >= 0.6 is 24.0 Å². The van der Waals surface area contributed by atoms with Crippen molar-refractivity contribution in [1.82, 2.24) is 15.5 Å². The third-order valence-corrected chi connectivity index (χ3v) is 3.15. The fourth-order valence-electron chi connectivity index (χ4n) is 2.03. The molecule has 26 heavy (non-hydrogen) atoms. The van der Waals surface area contributed by atoms with Crippen LogP contribution in [0.2, 0.25) is 0 Å². The summed E-state index contributed by atoms with van der Waals surface area (Å²) in [6.07, 6.45) is -4.47. The standard InChI is InChI=1S/C16H24F4N4O.HI/c1-12(25-14-6-4-5-13(17)9-14)10-23-15(21-2)22-7-8-24(3)11-16(18,19)20;/h4-6,9,12H,7-8,10-11H2,1-3H3,(H2,21,22,23);1H. The van der Waals surface area contributed by atoms with Gasteiger partial charge in [-0.15, -0.1) is 24.0 Å². The summed E-state index contributed by atoms with van der Waals surface area (Å²) in [6.45, 7) is 1.77. The van der Waals surface area contributed by atoms with Gasteiger partial charge in [0, 0.05) is 26.2 Å². The van der Waals surface area contributed by atoms with Crippen LogP contribution in [0.25, 0.3) is 0 Å². The summed E-state index contributed by atoms with van der Waals surface area (Å²) in [4.78, 5) is 5.17. The van der Waals surface area contributed by atoms with Crippen LogP contribution in [0.3, 0.4) is 0 Å². The van der Waals surface area contributed by atoms with Gasteiger partial charge in [0.2, 0.25) is 0 Å². The zero-order valence-electron chi connectivity index (χ0n) is 14.9. The lowest BCUT2D eigenvalue weighted by Crippen LogP contribution is -2.44. The minimum absolute atomic E-state index is 0. The fourth-order valence-corrected chi connectivity index (χ4v) is 2.03. The van der Waals surface area contributed by atoms with Crippen molar-refractivity contribution < 1.29 is 22.3 Å². The van der Waals surface area contributed by atoms with Crippen molar-refractivity contribution in [2.75, 3.05) is 40.3 Å². The molecule has 1 unspecified atom stereocenters. The Balaban J connectivity index is 0.00000625. The molecule has 0 aliphatic heterocycles. The maximum absolute atomic E-state index is 13.1. The molecule has 1 aromatic carbocycles. The highest BCUT2D eigenvalue weighted by molar-refractivity contribution is 14.0. The number of ether oxygens (including phenoxy) is 1. The number of hydrogen-bond donors (Lipinski definition) is 2. The Bertz CT molecular complexity index is 557. The van der Waals surface area contributed by atoms with E-state index in [0.717, 1.165) is 0 Å². The average molecular weight is 492 g/mol. The molecule has 2 N–H and O–H groups in total. The van der Waals surface area contributed by atoms with Crippen LogP contribution in [0.5, 0.6) is 5.75 Å². The number of halogens is 5. The van der Waals surface area contributed by atoms with E-state index in [1.165, 1.54) is 24.1 Å². The van der Waals surface area contributed by atoms with Crippen molar-refractivity contribution in [3.63, 3.8) is 0 Å². The summed E-state index contributed by atoms with van der Waals surface area (Å²) in [6, 6.07) is 5.84. The molecule has 0 heterocycles. The second kappa shape index (κ2) is 12.2. The van der Waals surface area contributed by atoms with E-state index in [-0.39, 0.29) is 42.4 Å². The van der Waals surface area contributed by atoms with E-state index < -0.39 is 12.7 Å². The SMILES string of the molecule is CN=C(NCCN(C)CC(F)(F)F)NCC(C)Oc1cccc(F)c1.I. The Morgan fingerprint density at radius 3 is 2.58 bits per heavy atom. The van der Waals surface area contributed by atoms with Gasteiger partial charge in [-0.1, -0.05) is 6.07 Å². The van der Waals surface area contributed by atoms with Crippen LogP contribution in [0.15, 0.2) is 29.3 Å². The first-order valence-corrected chi connectivity index (χ1v) is 7.81. The lowest BCUT2D eigenvalue weighted by Gasteiger charge is -2.20. The van der Waals surface area contributed by atoms with Crippen molar-refractivity contribution in [3.05, 3.63) is 30.1 Å². The van der Waals surface area contributed by atoms with E-state index >= 15 is 0 Å². The molecule has 10 heteroatoms. The third kappa shape index (κ3) is 11.3. The molecule has 0 bridgehead atoms. The summed E-state index contributed by atoms with van der Waals surface area (Å²) in [5.74, 6) is 0.499. The first kappa shape index (κ1) is 24.7. The molecule has 0 radical (unpaired) electrons. The molecule has 0 aliphatic rings. The first-order chi connectivity index (χ1) is 11.7. The lowest BCUT2D eigenvalue weighted by molar-refractivity contribution is -0.142. The highest BCUT2D eigenvalue weighted by Gasteiger charge is 2.28. The van der Waals surface area contributed by atoms with Crippen LogP contribution in [-0.2, 0) is 0 Å². The number of rotatable bonds is 8. The van der Waals surface area contributed by atoms with E-state index in [2.05, 4.69) is 15.6 Å². The maximum Gasteiger partial charge on any atom is 0.401 e. The minimum atomic E-state index is -4.21. The van der Waals surface area contributed by atoms with Gasteiger partial charge in [-0.05, 0) is 26.1 Å². The van der Waals surface area contributed by atoms with E-state index in [1.807, 2.05) is 6.92 Å². The number of benzene rings is 1. The van der Waals surface area contributed by atoms with Gasteiger partial charge in [-0.25, -0.2) is 4.39 Å². The third-order valence-electron chi connectivity index (χ3n) is 3.15. The fraction of sp³-hybridized carbons (Fsp3) is 0.562. The minimum Gasteiger partial charge on any atom is -0.489 e. The van der Waals surface area contributed by atoms with Crippen molar-refractivity contribution in [1.29, 1.82) is 0 Å². The zero-order valence-corrected chi connectivity index (χ0v) is 17.3. The van der Waals surface area contributed by atoms with Crippen molar-refractivity contribution in [3.8, 4) is 5.75 Å². The van der Waals surface area contributed by atoms with E-state index in [9.17, 15) is 17.6 Å². The summed E-state index contributed by atoms with van der Waals surface area (Å²) in [5, 5.41) is 5.93. The normalized spacial score (nSPS) is 13.2. The molecule has 0 spiro atoms. The number of aliphatic imine (C=N–C) groups is 1. The number of alkyl halides is 3. The van der Waals surface area contributed by atoms with Crippen LogP contribution < -0.4 is 15.4 Å². The van der Waals surface area contributed by atoms with E-state index in [0.29, 0.717) is 24.8 Å². The molecule has 1 aromatic rings. The van der Waals surface area contributed by atoms with Gasteiger partial charge in [0.05, 0.1) is 13.1 Å². The van der Waals surface area contributed by atoms with Gasteiger partial charge >= 0.3 is 6.18 Å². The van der Waals surface area contributed by atoms with Gasteiger partial charge in [0.25, 0.3) is 0 Å². The highest BCUT2D eigenvalue weighted by atomic mass is 127. The second-order valence-electron chi connectivity index (χ2n) is 5.62. The molecule has 150 valence electrons. The first-order valence-electron chi connectivity index (χ1n) is 7.81. The summed E-state index contributed by atoms with van der Waals surface area (Å²) < 4.78 is 55.4. The Labute approximate surface area is 168 Å². The van der Waals surface area contributed by atoms with Crippen molar-refractivity contribution >= 4 is 29.9 Å². The predicted octanol–water partition coefficient (Wildman–Crippen LogP) is 2.87.